The van der Waals surface area contributed by atoms with Gasteiger partial charge in [-0.25, -0.2) is 19.0 Å². The Kier molecular flexibility index (Phi) is 7.26. The molecule has 0 bridgehead atoms. The molecule has 38 heavy (non-hydrogen) atoms. The fraction of sp³-hybridized carbons (Fsp3) is 0.414. The fourth-order valence-electron chi connectivity index (χ4n) is 5.09. The molecule has 1 aromatic carbocycles. The maximum absolute atomic E-state index is 13.7. The molecule has 0 atom stereocenters. The topological polar surface area (TPSA) is 94.6 Å². The van der Waals surface area contributed by atoms with Crippen molar-refractivity contribution in [3.63, 3.8) is 0 Å². The number of anilines is 1. The van der Waals surface area contributed by atoms with E-state index in [0.717, 1.165) is 48.3 Å². The number of carbonyl (C=O) groups is 2. The largest absolute Gasteiger partial charge is 0.462 e. The van der Waals surface area contributed by atoms with Gasteiger partial charge in [-0.05, 0) is 70.6 Å². The summed E-state index contributed by atoms with van der Waals surface area (Å²) in [6.07, 6.45) is 9.05. The Morgan fingerprint density at radius 3 is 2.50 bits per heavy atom. The molecule has 3 heterocycles. The van der Waals surface area contributed by atoms with Gasteiger partial charge in [0.1, 0.15) is 5.56 Å². The number of fused-ring (bicyclic) bond motifs is 1. The molecule has 0 saturated heterocycles. The second-order valence-corrected chi connectivity index (χ2v) is 10.3. The van der Waals surface area contributed by atoms with E-state index in [1.165, 1.54) is 0 Å². The van der Waals surface area contributed by atoms with Gasteiger partial charge in [-0.3, -0.25) is 9.69 Å². The van der Waals surface area contributed by atoms with Gasteiger partial charge in [0.15, 0.2) is 11.5 Å². The van der Waals surface area contributed by atoms with Gasteiger partial charge < -0.3 is 4.74 Å². The highest BCUT2D eigenvalue weighted by Gasteiger charge is 2.34. The number of nitrogens with zero attached hydrogens (tertiary/aromatic N) is 6. The number of amides is 1. The highest BCUT2D eigenvalue weighted by atomic mass is 16.5. The van der Waals surface area contributed by atoms with Crippen LogP contribution in [0.3, 0.4) is 0 Å². The molecule has 9 nitrogen and oxygen atoms in total. The first-order chi connectivity index (χ1) is 18.4. The number of benzene rings is 1. The molecule has 0 unspecified atom stereocenters. The Labute approximate surface area is 222 Å². The van der Waals surface area contributed by atoms with Crippen molar-refractivity contribution < 1.29 is 14.3 Å². The quantitative estimate of drug-likeness (QED) is 0.310. The lowest BCUT2D eigenvalue weighted by Crippen LogP contribution is -2.43. The van der Waals surface area contributed by atoms with Gasteiger partial charge in [0.25, 0.3) is 0 Å². The minimum absolute atomic E-state index is 0.0264. The molecule has 1 aliphatic rings. The van der Waals surface area contributed by atoms with Crippen molar-refractivity contribution in [2.45, 2.75) is 59.4 Å². The number of hydrogen-bond acceptors (Lipinski definition) is 6. The minimum Gasteiger partial charge on any atom is -0.462 e. The van der Waals surface area contributed by atoms with Crippen LogP contribution in [-0.2, 0) is 9.53 Å². The van der Waals surface area contributed by atoms with E-state index in [4.69, 9.17) is 9.84 Å². The molecule has 198 valence electrons. The molecule has 0 radical (unpaired) electrons. The monoisotopic (exact) mass is 514 g/mol. The minimum atomic E-state index is -0.488. The van der Waals surface area contributed by atoms with Crippen LogP contribution in [0.1, 0.15) is 63.7 Å². The van der Waals surface area contributed by atoms with E-state index in [-0.39, 0.29) is 30.0 Å². The molecule has 9 heteroatoms. The first-order valence-electron chi connectivity index (χ1n) is 13.4. The predicted octanol–water partition coefficient (Wildman–Crippen LogP) is 5.33. The lowest BCUT2D eigenvalue weighted by molar-refractivity contribution is -0.124. The fourth-order valence-corrected chi connectivity index (χ4v) is 5.09. The zero-order valence-corrected chi connectivity index (χ0v) is 22.4. The van der Waals surface area contributed by atoms with Gasteiger partial charge >= 0.3 is 5.97 Å². The summed E-state index contributed by atoms with van der Waals surface area (Å²) in [5, 5.41) is 9.35. The molecule has 1 aliphatic carbocycles. The number of aromatic nitrogens is 5. The Morgan fingerprint density at radius 2 is 1.84 bits per heavy atom. The molecule has 1 fully saturated rings. The van der Waals surface area contributed by atoms with Crippen molar-refractivity contribution in [3.8, 4) is 16.9 Å². The van der Waals surface area contributed by atoms with Crippen LogP contribution in [0.4, 0.5) is 5.82 Å². The maximum Gasteiger partial charge on any atom is 0.343 e. The number of rotatable bonds is 7. The van der Waals surface area contributed by atoms with E-state index in [1.807, 2.05) is 56.4 Å². The SMILES string of the molecule is CCOC(=O)c1cn(-c2ccc(-c3cc4ncccn4n3)cc2)nc1N(C(=O)C1CCC(C)CC1)C(C)C. The Balaban J connectivity index is 1.48. The number of ether oxygens (including phenoxy) is 1. The average molecular weight is 515 g/mol. The number of esters is 1. The molecule has 1 amide bonds. The number of carbonyl (C=O) groups excluding carboxylic acids is 2. The highest BCUT2D eigenvalue weighted by molar-refractivity contribution is 6.02. The van der Waals surface area contributed by atoms with Crippen LogP contribution in [-0.4, -0.2) is 48.9 Å². The van der Waals surface area contributed by atoms with Gasteiger partial charge in [-0.1, -0.05) is 19.1 Å². The first kappa shape index (κ1) is 25.6. The lowest BCUT2D eigenvalue weighted by atomic mass is 9.82. The van der Waals surface area contributed by atoms with Gasteiger partial charge in [-0.15, -0.1) is 5.10 Å². The van der Waals surface area contributed by atoms with Crippen LogP contribution >= 0.6 is 0 Å². The van der Waals surface area contributed by atoms with Crippen LogP contribution in [0, 0.1) is 11.8 Å². The number of hydrogen-bond donors (Lipinski definition) is 0. The van der Waals surface area contributed by atoms with E-state index in [0.29, 0.717) is 11.7 Å². The van der Waals surface area contributed by atoms with Gasteiger partial charge in [0, 0.05) is 42.2 Å². The van der Waals surface area contributed by atoms with Gasteiger partial charge in [-0.2, -0.15) is 5.10 Å². The average Bonchev–Trinajstić information content (AvgIpc) is 3.54. The second kappa shape index (κ2) is 10.8. The molecule has 4 aromatic rings. The Hall–Kier alpha value is -4.01. The summed E-state index contributed by atoms with van der Waals surface area (Å²) < 4.78 is 8.72. The van der Waals surface area contributed by atoms with Crippen LogP contribution < -0.4 is 4.90 Å². The molecule has 0 N–H and O–H groups in total. The van der Waals surface area contributed by atoms with E-state index in [2.05, 4.69) is 17.0 Å². The van der Waals surface area contributed by atoms with Crippen molar-refractivity contribution in [3.05, 3.63) is 60.6 Å². The maximum atomic E-state index is 13.7. The van der Waals surface area contributed by atoms with Gasteiger partial charge in [0.05, 0.1) is 18.0 Å². The Morgan fingerprint density at radius 1 is 1.11 bits per heavy atom. The summed E-state index contributed by atoms with van der Waals surface area (Å²) in [5.41, 5.74) is 3.56. The van der Waals surface area contributed by atoms with E-state index in [9.17, 15) is 9.59 Å². The molecular formula is C29H34N6O3. The Bertz CT molecular complexity index is 1400. The third-order valence-corrected chi connectivity index (χ3v) is 7.20. The van der Waals surface area contributed by atoms with Crippen molar-refractivity contribution in [2.75, 3.05) is 11.5 Å². The van der Waals surface area contributed by atoms with E-state index < -0.39 is 5.97 Å². The first-order valence-corrected chi connectivity index (χ1v) is 13.4. The van der Waals surface area contributed by atoms with Crippen molar-refractivity contribution in [2.24, 2.45) is 11.8 Å². The summed E-state index contributed by atoms with van der Waals surface area (Å²) in [6, 6.07) is 11.4. The molecule has 1 saturated carbocycles. The van der Waals surface area contributed by atoms with Crippen molar-refractivity contribution >= 4 is 23.3 Å². The zero-order valence-electron chi connectivity index (χ0n) is 22.4. The van der Waals surface area contributed by atoms with E-state index >= 15 is 0 Å². The summed E-state index contributed by atoms with van der Waals surface area (Å²) in [6.45, 7) is 8.15. The van der Waals surface area contributed by atoms with Crippen LogP contribution in [0.25, 0.3) is 22.6 Å². The van der Waals surface area contributed by atoms with Crippen LogP contribution in [0.15, 0.2) is 55.0 Å². The second-order valence-electron chi connectivity index (χ2n) is 10.3. The van der Waals surface area contributed by atoms with Gasteiger partial charge in [0.2, 0.25) is 5.91 Å². The summed E-state index contributed by atoms with van der Waals surface area (Å²) in [4.78, 5) is 32.7. The molecule has 0 spiro atoms. The smallest absolute Gasteiger partial charge is 0.343 e. The molecular weight excluding hydrogens is 480 g/mol. The molecule has 3 aromatic heterocycles. The normalized spacial score (nSPS) is 17.6. The summed E-state index contributed by atoms with van der Waals surface area (Å²) >= 11 is 0. The van der Waals surface area contributed by atoms with Crippen molar-refractivity contribution in [1.82, 2.24) is 24.4 Å². The third kappa shape index (κ3) is 5.05. The standard InChI is InChI=1S/C29H34N6O3/c1-5-38-29(37)24-18-34(32-27(24)35(19(2)3)28(36)22-9-7-20(4)8-10-22)23-13-11-21(12-14-23)25-17-26-30-15-6-16-33(26)31-25/h6,11-20,22H,5,7-10H2,1-4H3. The van der Waals surface area contributed by atoms with Crippen molar-refractivity contribution in [1.29, 1.82) is 0 Å². The highest BCUT2D eigenvalue weighted by Crippen LogP contribution is 2.33. The van der Waals surface area contributed by atoms with Crippen LogP contribution in [0.5, 0.6) is 0 Å². The zero-order chi connectivity index (χ0) is 26.8. The molecule has 0 aliphatic heterocycles. The summed E-state index contributed by atoms with van der Waals surface area (Å²) in [5.74, 6) is 0.461. The summed E-state index contributed by atoms with van der Waals surface area (Å²) in [7, 11) is 0. The van der Waals surface area contributed by atoms with Crippen LogP contribution in [0.2, 0.25) is 0 Å². The lowest BCUT2D eigenvalue weighted by Gasteiger charge is -2.32. The predicted molar refractivity (Wildman–Crippen MR) is 145 cm³/mol. The third-order valence-electron chi connectivity index (χ3n) is 7.20. The van der Waals surface area contributed by atoms with E-state index in [1.54, 1.807) is 33.4 Å². The molecule has 5 rings (SSSR count).